The van der Waals surface area contributed by atoms with Crippen molar-refractivity contribution in [3.8, 4) is 5.75 Å². The highest BCUT2D eigenvalue weighted by atomic mass is 16.5. The van der Waals surface area contributed by atoms with Crippen LogP contribution in [-0.4, -0.2) is 29.1 Å². The fourth-order valence-electron chi connectivity index (χ4n) is 4.10. The van der Waals surface area contributed by atoms with Crippen LogP contribution in [0.4, 0.5) is 0 Å². The Labute approximate surface area is 195 Å². The first-order valence-electron chi connectivity index (χ1n) is 11.6. The van der Waals surface area contributed by atoms with Crippen LogP contribution in [0.15, 0.2) is 72.8 Å². The number of ether oxygens (including phenoxy) is 1. The predicted molar refractivity (Wildman–Crippen MR) is 133 cm³/mol. The first-order valence-corrected chi connectivity index (χ1v) is 11.6. The number of para-hydroxylation sites is 2. The van der Waals surface area contributed by atoms with Crippen LogP contribution in [0.2, 0.25) is 0 Å². The number of methoxy groups -OCH3 is 1. The van der Waals surface area contributed by atoms with Gasteiger partial charge in [-0.1, -0.05) is 48.9 Å². The van der Waals surface area contributed by atoms with E-state index < -0.39 is 0 Å². The van der Waals surface area contributed by atoms with Crippen LogP contribution < -0.4 is 10.1 Å². The van der Waals surface area contributed by atoms with E-state index in [-0.39, 0.29) is 5.91 Å². The summed E-state index contributed by atoms with van der Waals surface area (Å²) in [5.74, 6) is 1.75. The van der Waals surface area contributed by atoms with Crippen molar-refractivity contribution in [3.63, 3.8) is 0 Å². The molecule has 4 aromatic rings. The molecule has 0 fully saturated rings. The molecule has 0 radical (unpaired) electrons. The second kappa shape index (κ2) is 10.8. The van der Waals surface area contributed by atoms with Gasteiger partial charge in [0.1, 0.15) is 11.6 Å². The van der Waals surface area contributed by atoms with Gasteiger partial charge in [0.2, 0.25) is 0 Å². The molecule has 0 spiro atoms. The van der Waals surface area contributed by atoms with Crippen LogP contribution in [0.3, 0.4) is 0 Å². The minimum absolute atomic E-state index is 0.0612. The summed E-state index contributed by atoms with van der Waals surface area (Å²) >= 11 is 0. The normalized spacial score (nSPS) is 11.0. The molecular formula is C28H31N3O2. The molecule has 0 aliphatic rings. The van der Waals surface area contributed by atoms with Crippen molar-refractivity contribution in [2.45, 2.75) is 39.2 Å². The Morgan fingerprint density at radius 2 is 1.79 bits per heavy atom. The van der Waals surface area contributed by atoms with Crippen molar-refractivity contribution in [2.24, 2.45) is 0 Å². The van der Waals surface area contributed by atoms with Crippen LogP contribution in [0.1, 0.15) is 46.6 Å². The van der Waals surface area contributed by atoms with E-state index in [1.165, 1.54) is 16.6 Å². The Morgan fingerprint density at radius 3 is 2.64 bits per heavy atom. The number of rotatable bonds is 10. The third-order valence-electron chi connectivity index (χ3n) is 6.02. The first-order chi connectivity index (χ1) is 16.2. The number of carbonyl (C=O) groups excluding carboxylic acids is 1. The van der Waals surface area contributed by atoms with Crippen LogP contribution in [0.25, 0.3) is 11.0 Å². The predicted octanol–water partition coefficient (Wildman–Crippen LogP) is 5.54. The summed E-state index contributed by atoms with van der Waals surface area (Å²) in [5.41, 5.74) is 5.47. The zero-order valence-corrected chi connectivity index (χ0v) is 19.4. The number of hydrogen-bond donors (Lipinski definition) is 1. The summed E-state index contributed by atoms with van der Waals surface area (Å²) in [7, 11) is 1.60. The second-order valence-electron chi connectivity index (χ2n) is 8.33. The summed E-state index contributed by atoms with van der Waals surface area (Å²) in [6, 6.07) is 24.1. The fourth-order valence-corrected chi connectivity index (χ4v) is 4.10. The van der Waals surface area contributed by atoms with E-state index >= 15 is 0 Å². The van der Waals surface area contributed by atoms with E-state index in [0.29, 0.717) is 17.9 Å². The maximum absolute atomic E-state index is 12.3. The number of imidazole rings is 1. The summed E-state index contributed by atoms with van der Waals surface area (Å²) in [5, 5.41) is 3.01. The Bertz CT molecular complexity index is 1230. The van der Waals surface area contributed by atoms with Gasteiger partial charge >= 0.3 is 0 Å². The molecule has 1 heterocycles. The Morgan fingerprint density at radius 1 is 0.970 bits per heavy atom. The SMILES string of the molecule is COc1cccc(C(=O)NCCCCCc2nc3ccccc3n2Cc2ccccc2C)c1. The Kier molecular flexibility index (Phi) is 7.40. The molecule has 0 saturated heterocycles. The van der Waals surface area contributed by atoms with Crippen LogP contribution in [-0.2, 0) is 13.0 Å². The third kappa shape index (κ3) is 5.61. The fraction of sp³-hybridized carbons (Fsp3) is 0.286. The Balaban J connectivity index is 1.32. The molecule has 1 amide bonds. The smallest absolute Gasteiger partial charge is 0.251 e. The van der Waals surface area contributed by atoms with E-state index in [4.69, 9.17) is 9.72 Å². The van der Waals surface area contributed by atoms with Gasteiger partial charge in [-0.2, -0.15) is 0 Å². The highest BCUT2D eigenvalue weighted by Gasteiger charge is 2.12. The molecule has 1 N–H and O–H groups in total. The van der Waals surface area contributed by atoms with E-state index in [2.05, 4.69) is 59.3 Å². The van der Waals surface area contributed by atoms with E-state index in [9.17, 15) is 4.79 Å². The lowest BCUT2D eigenvalue weighted by Gasteiger charge is -2.12. The number of benzene rings is 3. The van der Waals surface area contributed by atoms with Gasteiger partial charge < -0.3 is 14.6 Å². The maximum Gasteiger partial charge on any atom is 0.251 e. The molecule has 4 rings (SSSR count). The summed E-state index contributed by atoms with van der Waals surface area (Å²) < 4.78 is 7.54. The standard InChI is InChI=1S/C28H31N3O2/c1-21-11-5-6-12-23(21)20-31-26-16-8-7-15-25(26)30-27(31)17-4-3-9-18-29-28(32)22-13-10-14-24(19-22)33-2/h5-8,10-16,19H,3-4,9,17-18,20H2,1-2H3,(H,29,32). The van der Waals surface area contributed by atoms with Crippen LogP contribution in [0, 0.1) is 6.92 Å². The number of hydrogen-bond acceptors (Lipinski definition) is 3. The first kappa shape index (κ1) is 22.6. The molecule has 170 valence electrons. The Hall–Kier alpha value is -3.60. The van der Waals surface area contributed by atoms with Crippen LogP contribution in [0.5, 0.6) is 5.75 Å². The van der Waals surface area contributed by atoms with Crippen molar-refractivity contribution in [1.29, 1.82) is 0 Å². The number of fused-ring (bicyclic) bond motifs is 1. The molecular weight excluding hydrogens is 410 g/mol. The lowest BCUT2D eigenvalue weighted by molar-refractivity contribution is 0.0952. The number of aryl methyl sites for hydroxylation is 2. The zero-order chi connectivity index (χ0) is 23.0. The number of nitrogens with one attached hydrogen (secondary N) is 1. The lowest BCUT2D eigenvalue weighted by atomic mass is 10.1. The molecule has 1 aromatic heterocycles. The highest BCUT2D eigenvalue weighted by molar-refractivity contribution is 5.94. The highest BCUT2D eigenvalue weighted by Crippen LogP contribution is 2.21. The van der Waals surface area contributed by atoms with Crippen molar-refractivity contribution in [3.05, 3.63) is 95.3 Å². The van der Waals surface area contributed by atoms with Gasteiger partial charge in [-0.3, -0.25) is 4.79 Å². The average Bonchev–Trinajstić information content (AvgIpc) is 3.19. The summed E-state index contributed by atoms with van der Waals surface area (Å²) in [6.45, 7) is 3.66. The van der Waals surface area contributed by atoms with Gasteiger partial charge in [0, 0.05) is 25.1 Å². The quantitative estimate of drug-likeness (QED) is 0.329. The lowest BCUT2D eigenvalue weighted by Crippen LogP contribution is -2.24. The van der Waals surface area contributed by atoms with Gasteiger partial charge in [-0.15, -0.1) is 0 Å². The van der Waals surface area contributed by atoms with Gasteiger partial charge in [-0.05, 0) is 61.2 Å². The minimum atomic E-state index is -0.0612. The summed E-state index contributed by atoms with van der Waals surface area (Å²) in [6.07, 6.45) is 3.93. The molecule has 0 unspecified atom stereocenters. The molecule has 0 aliphatic carbocycles. The van der Waals surface area contributed by atoms with Crippen molar-refractivity contribution < 1.29 is 9.53 Å². The second-order valence-corrected chi connectivity index (χ2v) is 8.33. The molecule has 0 atom stereocenters. The minimum Gasteiger partial charge on any atom is -0.497 e. The van der Waals surface area contributed by atoms with Crippen LogP contribution >= 0.6 is 0 Å². The molecule has 0 aliphatic heterocycles. The number of nitrogens with zero attached hydrogens (tertiary/aromatic N) is 2. The van der Waals surface area contributed by atoms with E-state index in [1.807, 2.05) is 18.2 Å². The molecule has 5 nitrogen and oxygen atoms in total. The maximum atomic E-state index is 12.3. The van der Waals surface area contributed by atoms with Crippen molar-refractivity contribution in [1.82, 2.24) is 14.9 Å². The van der Waals surface area contributed by atoms with Crippen molar-refractivity contribution >= 4 is 16.9 Å². The topological polar surface area (TPSA) is 56.1 Å². The van der Waals surface area contributed by atoms with E-state index in [1.54, 1.807) is 19.2 Å². The molecule has 5 heteroatoms. The van der Waals surface area contributed by atoms with Crippen molar-refractivity contribution in [2.75, 3.05) is 13.7 Å². The van der Waals surface area contributed by atoms with Gasteiger partial charge in [-0.25, -0.2) is 4.98 Å². The number of amides is 1. The molecule has 0 saturated carbocycles. The van der Waals surface area contributed by atoms with E-state index in [0.717, 1.165) is 43.6 Å². The zero-order valence-electron chi connectivity index (χ0n) is 19.4. The molecule has 3 aromatic carbocycles. The molecule has 33 heavy (non-hydrogen) atoms. The largest absolute Gasteiger partial charge is 0.497 e. The van der Waals surface area contributed by atoms with Gasteiger partial charge in [0.15, 0.2) is 0 Å². The number of unbranched alkanes of at least 4 members (excludes halogenated alkanes) is 2. The number of carbonyl (C=O) groups is 1. The van der Waals surface area contributed by atoms with Gasteiger partial charge in [0.25, 0.3) is 5.91 Å². The third-order valence-corrected chi connectivity index (χ3v) is 6.02. The average molecular weight is 442 g/mol. The number of aromatic nitrogens is 2. The summed E-state index contributed by atoms with van der Waals surface area (Å²) in [4.78, 5) is 17.3. The monoisotopic (exact) mass is 441 g/mol. The molecule has 0 bridgehead atoms. The van der Waals surface area contributed by atoms with Gasteiger partial charge in [0.05, 0.1) is 18.1 Å².